The molecule has 1 N–H and O–H groups in total. The van der Waals surface area contributed by atoms with Crippen LogP contribution < -0.4 is 5.32 Å². The molecular weight excluding hydrogens is 348 g/mol. The summed E-state index contributed by atoms with van der Waals surface area (Å²) in [6.07, 6.45) is 0. The second-order valence-electron chi connectivity index (χ2n) is 5.30. The number of thiophene rings is 1. The van der Waals surface area contributed by atoms with Gasteiger partial charge in [-0.25, -0.2) is 9.69 Å². The monoisotopic (exact) mass is 366 g/mol. The summed E-state index contributed by atoms with van der Waals surface area (Å²) in [5, 5.41) is 4.59. The molecule has 0 radical (unpaired) electrons. The van der Waals surface area contributed by atoms with Gasteiger partial charge in [-0.15, -0.1) is 11.3 Å². The van der Waals surface area contributed by atoms with Crippen molar-refractivity contribution in [2.45, 2.75) is 13.5 Å². The van der Waals surface area contributed by atoms with Crippen molar-refractivity contribution in [3.05, 3.63) is 22.4 Å². The van der Waals surface area contributed by atoms with Crippen molar-refractivity contribution in [1.29, 1.82) is 0 Å². The van der Waals surface area contributed by atoms with E-state index in [1.165, 1.54) is 23.3 Å². The highest BCUT2D eigenvalue weighted by Crippen LogP contribution is 2.10. The predicted octanol–water partition coefficient (Wildman–Crippen LogP) is -0.367. The molecule has 1 aromatic rings. The molecule has 0 aromatic carbocycles. The molecule has 0 bridgehead atoms. The number of likely N-dealkylation sites (N-methyl/N-ethyl adjacent to an activating group) is 2. The van der Waals surface area contributed by atoms with Gasteiger partial charge in [0.05, 0.1) is 13.1 Å². The molecule has 2 rings (SSSR count). The third-order valence-corrected chi connectivity index (χ3v) is 4.53. The lowest BCUT2D eigenvalue weighted by molar-refractivity contribution is -0.145. The van der Waals surface area contributed by atoms with E-state index in [4.69, 9.17) is 0 Å². The maximum absolute atomic E-state index is 12.3. The molecule has 25 heavy (non-hydrogen) atoms. The molecule has 134 valence electrons. The zero-order chi connectivity index (χ0) is 18.6. The van der Waals surface area contributed by atoms with Crippen molar-refractivity contribution in [2.24, 2.45) is 0 Å². The van der Waals surface area contributed by atoms with Gasteiger partial charge in [-0.2, -0.15) is 0 Å². The van der Waals surface area contributed by atoms with Crippen LogP contribution in [0.4, 0.5) is 4.79 Å². The Morgan fingerprint density at radius 1 is 1.24 bits per heavy atom. The fraction of sp³-hybridized carbons (Fsp3) is 0.400. The summed E-state index contributed by atoms with van der Waals surface area (Å²) in [6, 6.07) is 2.91. The summed E-state index contributed by atoms with van der Waals surface area (Å²) in [5.74, 6) is -2.96. The van der Waals surface area contributed by atoms with E-state index >= 15 is 0 Å². The number of carbonyl (C=O) groups excluding carboxylic acids is 5. The van der Waals surface area contributed by atoms with Crippen LogP contribution in [0.5, 0.6) is 0 Å². The summed E-state index contributed by atoms with van der Waals surface area (Å²) in [5.41, 5.74) is 0. The van der Waals surface area contributed by atoms with Gasteiger partial charge in [-0.1, -0.05) is 6.07 Å². The number of urea groups is 1. The average Bonchev–Trinajstić information content (AvgIpc) is 3.18. The average molecular weight is 366 g/mol. The minimum atomic E-state index is -1.04. The summed E-state index contributed by atoms with van der Waals surface area (Å²) in [4.78, 5) is 62.6. The minimum absolute atomic E-state index is 0.194. The maximum atomic E-state index is 12.3. The van der Waals surface area contributed by atoms with E-state index in [0.717, 1.165) is 4.88 Å². The molecule has 0 atom stereocenters. The van der Waals surface area contributed by atoms with E-state index in [0.29, 0.717) is 16.3 Å². The Labute approximate surface area is 148 Å². The van der Waals surface area contributed by atoms with E-state index in [9.17, 15) is 24.0 Å². The molecule has 2 heterocycles. The Balaban J connectivity index is 1.90. The van der Waals surface area contributed by atoms with Crippen LogP contribution in [-0.2, 0) is 25.7 Å². The summed E-state index contributed by atoms with van der Waals surface area (Å²) in [6.45, 7) is 1.51. The molecule has 1 fully saturated rings. The third kappa shape index (κ3) is 4.21. The highest BCUT2D eigenvalue weighted by molar-refractivity contribution is 7.09. The Hall–Kier alpha value is -2.75. The molecule has 10 heteroatoms. The van der Waals surface area contributed by atoms with Crippen LogP contribution in [0, 0.1) is 0 Å². The first-order valence-electron chi connectivity index (χ1n) is 7.55. The number of rotatable bonds is 7. The van der Waals surface area contributed by atoms with E-state index in [1.54, 1.807) is 6.92 Å². The highest BCUT2D eigenvalue weighted by Gasteiger charge is 2.43. The molecule has 6 amide bonds. The number of imide groups is 2. The van der Waals surface area contributed by atoms with Crippen molar-refractivity contribution in [1.82, 2.24) is 20.0 Å². The normalized spacial score (nSPS) is 14.2. The fourth-order valence-corrected chi connectivity index (χ4v) is 2.84. The second-order valence-corrected chi connectivity index (χ2v) is 6.33. The smallest absolute Gasteiger partial charge is 0.334 e. The Morgan fingerprint density at radius 3 is 2.48 bits per heavy atom. The van der Waals surface area contributed by atoms with Crippen LogP contribution in [0.25, 0.3) is 0 Å². The molecule has 1 aliphatic heterocycles. The second kappa shape index (κ2) is 7.88. The van der Waals surface area contributed by atoms with E-state index in [2.05, 4.69) is 5.32 Å². The van der Waals surface area contributed by atoms with Gasteiger partial charge in [-0.3, -0.25) is 24.1 Å². The van der Waals surface area contributed by atoms with Gasteiger partial charge in [0.2, 0.25) is 11.8 Å². The number of nitrogens with one attached hydrogen (secondary N) is 1. The zero-order valence-electron chi connectivity index (χ0n) is 13.9. The SMILES string of the molecule is CCN(CC(=O)NCc1cccs1)C(=O)CN1C(=O)C(=O)N(C)C1=O. The lowest BCUT2D eigenvalue weighted by atomic mass is 10.4. The summed E-state index contributed by atoms with van der Waals surface area (Å²) in [7, 11) is 1.17. The van der Waals surface area contributed by atoms with Crippen LogP contribution >= 0.6 is 11.3 Å². The zero-order valence-corrected chi connectivity index (χ0v) is 14.7. The first-order valence-corrected chi connectivity index (χ1v) is 8.43. The lowest BCUT2D eigenvalue weighted by Crippen LogP contribution is -2.46. The van der Waals surface area contributed by atoms with Crippen molar-refractivity contribution in [3.8, 4) is 0 Å². The number of amides is 6. The fourth-order valence-electron chi connectivity index (χ4n) is 2.19. The van der Waals surface area contributed by atoms with Crippen molar-refractivity contribution in [3.63, 3.8) is 0 Å². The molecule has 0 aliphatic carbocycles. The van der Waals surface area contributed by atoms with E-state index < -0.39 is 30.3 Å². The molecule has 0 unspecified atom stereocenters. The first kappa shape index (κ1) is 18.6. The minimum Gasteiger partial charge on any atom is -0.350 e. The molecule has 1 aromatic heterocycles. The third-order valence-electron chi connectivity index (χ3n) is 3.65. The summed E-state index contributed by atoms with van der Waals surface area (Å²) >= 11 is 1.50. The number of carbonyl (C=O) groups is 5. The molecule has 0 saturated carbocycles. The Kier molecular flexibility index (Phi) is 5.86. The predicted molar refractivity (Wildman–Crippen MR) is 88.3 cm³/mol. The molecular formula is C15H18N4O5S. The van der Waals surface area contributed by atoms with Gasteiger partial charge in [0.25, 0.3) is 0 Å². The molecule has 9 nitrogen and oxygen atoms in total. The number of hydrogen-bond donors (Lipinski definition) is 1. The largest absolute Gasteiger partial charge is 0.350 e. The lowest BCUT2D eigenvalue weighted by Gasteiger charge is -2.22. The number of hydrogen-bond acceptors (Lipinski definition) is 6. The topological polar surface area (TPSA) is 107 Å². The standard InChI is InChI=1S/C15H18N4O5S/c1-3-18(8-11(20)16-7-10-5-4-6-25-10)12(21)9-19-14(23)13(22)17(2)15(19)24/h4-6H,3,7-9H2,1-2H3,(H,16,20). The van der Waals surface area contributed by atoms with Gasteiger partial charge >= 0.3 is 17.8 Å². The Morgan fingerprint density at radius 2 is 1.96 bits per heavy atom. The van der Waals surface area contributed by atoms with E-state index in [1.807, 2.05) is 17.5 Å². The van der Waals surface area contributed by atoms with Crippen molar-refractivity contribution >= 4 is 41.0 Å². The molecule has 0 spiro atoms. The van der Waals surface area contributed by atoms with Gasteiger partial charge in [0, 0.05) is 18.5 Å². The molecule has 1 aliphatic rings. The van der Waals surface area contributed by atoms with Crippen LogP contribution in [0.3, 0.4) is 0 Å². The van der Waals surface area contributed by atoms with Crippen molar-refractivity contribution in [2.75, 3.05) is 26.7 Å². The van der Waals surface area contributed by atoms with Crippen molar-refractivity contribution < 1.29 is 24.0 Å². The van der Waals surface area contributed by atoms with Gasteiger partial charge < -0.3 is 10.2 Å². The van der Waals surface area contributed by atoms with Crippen LogP contribution in [0.15, 0.2) is 17.5 Å². The maximum Gasteiger partial charge on any atom is 0.334 e. The first-order chi connectivity index (χ1) is 11.8. The van der Waals surface area contributed by atoms with Crippen LogP contribution in [0.1, 0.15) is 11.8 Å². The summed E-state index contributed by atoms with van der Waals surface area (Å²) < 4.78 is 0. The van der Waals surface area contributed by atoms with Crippen LogP contribution in [0.2, 0.25) is 0 Å². The van der Waals surface area contributed by atoms with Gasteiger partial charge in [0.15, 0.2) is 0 Å². The molecule has 1 saturated heterocycles. The van der Waals surface area contributed by atoms with Gasteiger partial charge in [-0.05, 0) is 18.4 Å². The van der Waals surface area contributed by atoms with Crippen LogP contribution in [-0.4, -0.2) is 71.0 Å². The quantitative estimate of drug-likeness (QED) is 0.524. The Bertz CT molecular complexity index is 703. The number of nitrogens with zero attached hydrogens (tertiary/aromatic N) is 3. The van der Waals surface area contributed by atoms with E-state index in [-0.39, 0.29) is 19.0 Å². The van der Waals surface area contributed by atoms with Gasteiger partial charge in [0.1, 0.15) is 6.54 Å². The highest BCUT2D eigenvalue weighted by atomic mass is 32.1.